The molecule has 24 heavy (non-hydrogen) atoms. The van der Waals surface area contributed by atoms with Crippen LogP contribution in [0.25, 0.3) is 11.1 Å². The van der Waals surface area contributed by atoms with Crippen LogP contribution in [0.15, 0.2) is 55.1 Å². The average molecular weight is 328 g/mol. The summed E-state index contributed by atoms with van der Waals surface area (Å²) in [6, 6.07) is 13.0. The van der Waals surface area contributed by atoms with Crippen molar-refractivity contribution in [2.75, 3.05) is 20.3 Å². The van der Waals surface area contributed by atoms with Crippen LogP contribution in [0.4, 0.5) is 4.39 Å². The van der Waals surface area contributed by atoms with Gasteiger partial charge >= 0.3 is 0 Å². The zero-order valence-electron chi connectivity index (χ0n) is 13.7. The highest BCUT2D eigenvalue weighted by atomic mass is 19.1. The lowest BCUT2D eigenvalue weighted by Crippen LogP contribution is -2.25. The van der Waals surface area contributed by atoms with Crippen molar-refractivity contribution >= 4 is 0 Å². The fraction of sp³-hybridized carbons (Fsp3) is 0.300. The van der Waals surface area contributed by atoms with Gasteiger partial charge in [0.1, 0.15) is 5.82 Å². The van der Waals surface area contributed by atoms with Crippen LogP contribution in [-0.4, -0.2) is 20.3 Å². The summed E-state index contributed by atoms with van der Waals surface area (Å²) in [7, 11) is 1.55. The van der Waals surface area contributed by atoms with Gasteiger partial charge in [0.05, 0.1) is 19.8 Å². The van der Waals surface area contributed by atoms with E-state index in [0.717, 1.165) is 16.7 Å². The highest BCUT2D eigenvalue weighted by Crippen LogP contribution is 2.28. The number of halogens is 1. The lowest BCUT2D eigenvalue weighted by molar-refractivity contribution is -0.197. The Balaban J connectivity index is 1.73. The van der Waals surface area contributed by atoms with Crippen LogP contribution in [0.2, 0.25) is 0 Å². The minimum Gasteiger partial charge on any atom is -0.380 e. The summed E-state index contributed by atoms with van der Waals surface area (Å²) in [5, 5.41) is 0. The summed E-state index contributed by atoms with van der Waals surface area (Å²) in [4.78, 5) is 0. The van der Waals surface area contributed by atoms with Crippen molar-refractivity contribution in [1.29, 1.82) is 0 Å². The first kappa shape index (κ1) is 16.8. The van der Waals surface area contributed by atoms with Crippen LogP contribution >= 0.6 is 0 Å². The molecule has 1 heterocycles. The third-order valence-electron chi connectivity index (χ3n) is 4.13. The van der Waals surface area contributed by atoms with E-state index in [0.29, 0.717) is 18.8 Å². The largest absolute Gasteiger partial charge is 0.380 e. The highest BCUT2D eigenvalue weighted by molar-refractivity contribution is 5.64. The minimum absolute atomic E-state index is 0.245. The third kappa shape index (κ3) is 3.73. The van der Waals surface area contributed by atoms with Crippen LogP contribution in [-0.2, 0) is 20.8 Å². The van der Waals surface area contributed by atoms with E-state index in [9.17, 15) is 4.39 Å². The van der Waals surface area contributed by atoms with Gasteiger partial charge in [-0.2, -0.15) is 0 Å². The molecule has 1 aliphatic heterocycles. The van der Waals surface area contributed by atoms with Crippen molar-refractivity contribution in [2.24, 2.45) is 5.92 Å². The number of ether oxygens (including phenoxy) is 3. The molecular weight excluding hydrogens is 307 g/mol. The van der Waals surface area contributed by atoms with Crippen LogP contribution in [0.3, 0.4) is 0 Å². The Morgan fingerprint density at radius 2 is 1.79 bits per heavy atom. The maximum Gasteiger partial charge on any atom is 0.183 e. The molecule has 126 valence electrons. The fourth-order valence-electron chi connectivity index (χ4n) is 2.68. The van der Waals surface area contributed by atoms with Crippen molar-refractivity contribution in [2.45, 2.75) is 12.9 Å². The topological polar surface area (TPSA) is 27.7 Å². The van der Waals surface area contributed by atoms with E-state index in [1.54, 1.807) is 13.2 Å². The van der Waals surface area contributed by atoms with Crippen LogP contribution < -0.4 is 0 Å². The van der Waals surface area contributed by atoms with E-state index in [1.165, 1.54) is 6.07 Å². The second-order valence-electron chi connectivity index (χ2n) is 5.86. The standard InChI is InChI=1S/C20H21FO3/c1-3-14-11-23-20(24-12-14)16-6-4-15(5-7-16)17-8-9-18(13-22-2)19(21)10-17/h3-10,14,20H,1,11-13H2,2H3. The molecule has 1 aliphatic rings. The van der Waals surface area contributed by atoms with Gasteiger partial charge in [-0.25, -0.2) is 4.39 Å². The summed E-state index contributed by atoms with van der Waals surface area (Å²) >= 11 is 0. The lowest BCUT2D eigenvalue weighted by atomic mass is 10.0. The Hall–Kier alpha value is -2.01. The SMILES string of the molecule is C=CC1COC(c2ccc(-c3ccc(COC)c(F)c3)cc2)OC1. The Morgan fingerprint density at radius 1 is 1.12 bits per heavy atom. The fourth-order valence-corrected chi connectivity index (χ4v) is 2.68. The van der Waals surface area contributed by atoms with Gasteiger partial charge in [0, 0.05) is 24.2 Å². The van der Waals surface area contributed by atoms with Crippen molar-refractivity contribution in [3.8, 4) is 11.1 Å². The molecule has 4 heteroatoms. The van der Waals surface area contributed by atoms with Gasteiger partial charge in [0.25, 0.3) is 0 Å². The van der Waals surface area contributed by atoms with Crippen molar-refractivity contribution in [1.82, 2.24) is 0 Å². The zero-order chi connectivity index (χ0) is 16.9. The zero-order valence-corrected chi connectivity index (χ0v) is 13.7. The Kier molecular flexibility index (Phi) is 5.41. The highest BCUT2D eigenvalue weighted by Gasteiger charge is 2.21. The molecule has 0 radical (unpaired) electrons. The van der Waals surface area contributed by atoms with E-state index >= 15 is 0 Å². The quantitative estimate of drug-likeness (QED) is 0.757. The smallest absolute Gasteiger partial charge is 0.183 e. The molecule has 2 aromatic rings. The van der Waals surface area contributed by atoms with Crippen LogP contribution in [0.5, 0.6) is 0 Å². The number of rotatable bonds is 5. The first-order chi connectivity index (χ1) is 11.7. The summed E-state index contributed by atoms with van der Waals surface area (Å²) in [5.74, 6) is -0.0121. The molecule has 0 aliphatic carbocycles. The number of hydrogen-bond acceptors (Lipinski definition) is 3. The molecule has 1 fully saturated rings. The second kappa shape index (κ2) is 7.71. The summed E-state index contributed by atoms with van der Waals surface area (Å²) in [6.07, 6.45) is 1.50. The number of methoxy groups -OCH3 is 1. The predicted molar refractivity (Wildman–Crippen MR) is 90.9 cm³/mol. The van der Waals surface area contributed by atoms with E-state index in [4.69, 9.17) is 14.2 Å². The number of hydrogen-bond donors (Lipinski definition) is 0. The number of benzene rings is 2. The maximum absolute atomic E-state index is 14.0. The second-order valence-corrected chi connectivity index (χ2v) is 5.86. The van der Waals surface area contributed by atoms with Gasteiger partial charge in [-0.15, -0.1) is 6.58 Å². The molecule has 1 saturated heterocycles. The van der Waals surface area contributed by atoms with Crippen molar-refractivity contribution in [3.05, 3.63) is 72.1 Å². The molecule has 0 N–H and O–H groups in total. The van der Waals surface area contributed by atoms with Gasteiger partial charge in [-0.3, -0.25) is 0 Å². The molecule has 0 atom stereocenters. The maximum atomic E-state index is 14.0. The van der Waals surface area contributed by atoms with Gasteiger partial charge in [0.2, 0.25) is 0 Å². The Bertz CT molecular complexity index is 689. The molecule has 0 saturated carbocycles. The van der Waals surface area contributed by atoms with E-state index in [2.05, 4.69) is 6.58 Å². The summed E-state index contributed by atoms with van der Waals surface area (Å²) in [6.45, 7) is 5.25. The van der Waals surface area contributed by atoms with Crippen molar-refractivity contribution < 1.29 is 18.6 Å². The molecule has 0 amide bonds. The van der Waals surface area contributed by atoms with Crippen LogP contribution in [0.1, 0.15) is 17.4 Å². The molecule has 3 rings (SSSR count). The molecule has 0 spiro atoms. The van der Waals surface area contributed by atoms with Gasteiger partial charge in [0.15, 0.2) is 6.29 Å². The van der Waals surface area contributed by atoms with E-state index in [-0.39, 0.29) is 24.6 Å². The molecule has 3 nitrogen and oxygen atoms in total. The van der Waals surface area contributed by atoms with Gasteiger partial charge in [-0.1, -0.05) is 42.5 Å². The monoisotopic (exact) mass is 328 g/mol. The lowest BCUT2D eigenvalue weighted by Gasteiger charge is -2.28. The Morgan fingerprint density at radius 3 is 2.38 bits per heavy atom. The molecule has 2 aromatic carbocycles. The first-order valence-electron chi connectivity index (χ1n) is 7.94. The van der Waals surface area contributed by atoms with Crippen LogP contribution in [0, 0.1) is 11.7 Å². The first-order valence-corrected chi connectivity index (χ1v) is 7.94. The average Bonchev–Trinajstić information content (AvgIpc) is 2.64. The van der Waals surface area contributed by atoms with E-state index < -0.39 is 0 Å². The van der Waals surface area contributed by atoms with Crippen molar-refractivity contribution in [3.63, 3.8) is 0 Å². The molecular formula is C20H21FO3. The predicted octanol–water partition coefficient (Wildman–Crippen LogP) is 4.49. The van der Waals surface area contributed by atoms with E-state index in [1.807, 2.05) is 36.4 Å². The molecule has 0 aromatic heterocycles. The summed E-state index contributed by atoms with van der Waals surface area (Å²) in [5.41, 5.74) is 3.29. The summed E-state index contributed by atoms with van der Waals surface area (Å²) < 4.78 is 30.4. The van der Waals surface area contributed by atoms with Gasteiger partial charge in [-0.05, 0) is 17.2 Å². The molecule has 0 bridgehead atoms. The minimum atomic E-state index is -0.351. The normalized spacial score (nSPS) is 20.8. The Labute approximate surface area is 141 Å². The molecule has 0 unspecified atom stereocenters. The third-order valence-corrected chi connectivity index (χ3v) is 4.13. The van der Waals surface area contributed by atoms with Gasteiger partial charge < -0.3 is 14.2 Å².